The van der Waals surface area contributed by atoms with Crippen LogP contribution < -0.4 is 26.6 Å². The minimum Gasteiger partial charge on any atom is -0.507 e. The SMILES string of the molecule is CCCCCCCCCCNCCC(=O)NCC(=O)N(C)C1C(=O)NCC(=O)NC(C(=O)NCC(C)=O)Cc2ccc(O)c(c2)-c2cc1ccc2O. The highest BCUT2D eigenvalue weighted by Gasteiger charge is 2.31. The van der Waals surface area contributed by atoms with Gasteiger partial charge in [-0.3, -0.25) is 28.8 Å². The summed E-state index contributed by atoms with van der Waals surface area (Å²) in [6, 6.07) is 6.26. The molecular formula is C38H54N6O8. The third-order valence-corrected chi connectivity index (χ3v) is 8.92. The summed E-state index contributed by atoms with van der Waals surface area (Å²) >= 11 is 0. The lowest BCUT2D eigenvalue weighted by Crippen LogP contribution is -2.52. The van der Waals surface area contributed by atoms with Gasteiger partial charge >= 0.3 is 0 Å². The number of aromatic hydroxyl groups is 2. The summed E-state index contributed by atoms with van der Waals surface area (Å²) < 4.78 is 0. The van der Waals surface area contributed by atoms with Gasteiger partial charge < -0.3 is 41.7 Å². The number of unbranched alkanes of at least 4 members (excludes halogenated alkanes) is 7. The number of carbonyl (C=O) groups is 6. The first-order chi connectivity index (χ1) is 24.9. The van der Waals surface area contributed by atoms with Gasteiger partial charge in [-0.05, 0) is 55.3 Å². The Kier molecular flexibility index (Phi) is 17.1. The summed E-state index contributed by atoms with van der Waals surface area (Å²) in [7, 11) is 1.38. The molecule has 1 aliphatic heterocycles. The molecule has 0 saturated carbocycles. The fourth-order valence-corrected chi connectivity index (χ4v) is 5.95. The van der Waals surface area contributed by atoms with E-state index in [-0.39, 0.29) is 65.8 Å². The normalized spacial score (nSPS) is 15.8. The number of Topliss-reactive ketones (excluding diaryl/α,β-unsaturated/α-hetero) is 1. The fraction of sp³-hybridized carbons (Fsp3) is 0.526. The fourth-order valence-electron chi connectivity index (χ4n) is 5.95. The quantitative estimate of drug-likeness (QED) is 0.113. The Bertz CT molecular complexity index is 1560. The molecule has 2 atom stereocenters. The highest BCUT2D eigenvalue weighted by atomic mass is 16.3. The van der Waals surface area contributed by atoms with Crippen molar-refractivity contribution >= 4 is 35.3 Å². The second-order valence-electron chi connectivity index (χ2n) is 13.2. The van der Waals surface area contributed by atoms with Crippen molar-refractivity contribution in [2.45, 2.75) is 90.1 Å². The summed E-state index contributed by atoms with van der Waals surface area (Å²) in [5.41, 5.74) is 1.12. The first kappa shape index (κ1) is 41.4. The van der Waals surface area contributed by atoms with Gasteiger partial charge in [-0.2, -0.15) is 0 Å². The van der Waals surface area contributed by atoms with E-state index in [1.165, 1.54) is 76.8 Å². The van der Waals surface area contributed by atoms with E-state index >= 15 is 0 Å². The Hall–Kier alpha value is -4.98. The first-order valence-corrected chi connectivity index (χ1v) is 18.1. The molecule has 14 nitrogen and oxygen atoms in total. The number of hydrogen-bond donors (Lipinski definition) is 7. The smallest absolute Gasteiger partial charge is 0.247 e. The molecule has 0 fully saturated rings. The van der Waals surface area contributed by atoms with E-state index in [1.807, 2.05) is 0 Å². The van der Waals surface area contributed by atoms with Crippen LogP contribution in [0, 0.1) is 0 Å². The van der Waals surface area contributed by atoms with E-state index < -0.39 is 42.3 Å². The van der Waals surface area contributed by atoms with Crippen molar-refractivity contribution in [2.24, 2.45) is 0 Å². The van der Waals surface area contributed by atoms with Crippen LogP contribution >= 0.6 is 0 Å². The van der Waals surface area contributed by atoms with Crippen LogP contribution in [0.25, 0.3) is 11.1 Å². The summed E-state index contributed by atoms with van der Waals surface area (Å²) in [5, 5.41) is 35.1. The summed E-state index contributed by atoms with van der Waals surface area (Å²) in [4.78, 5) is 78.1. The van der Waals surface area contributed by atoms with Gasteiger partial charge in [0.15, 0.2) is 0 Å². The number of ketones is 1. The standard InChI is InChI=1S/C38H54N6O8/c1-4-5-6-7-8-9-10-11-17-39-18-16-33(48)40-24-35(50)44(3)36-27-13-15-32(47)29(21-27)28-19-26(12-14-31(28)46)20-30(37(51)41-22-25(2)45)43-34(49)23-42-38(36)52/h12-15,19,21,30,36,39,46-47H,4-11,16-18,20,22-24H2,1-3H3,(H,40,48)(H,41,51)(H,42,52)(H,43,49). The zero-order valence-corrected chi connectivity index (χ0v) is 30.5. The van der Waals surface area contributed by atoms with E-state index in [1.54, 1.807) is 12.1 Å². The van der Waals surface area contributed by atoms with Gasteiger partial charge in [-0.25, -0.2) is 0 Å². The van der Waals surface area contributed by atoms with Crippen LogP contribution in [0.1, 0.15) is 88.8 Å². The molecule has 1 aliphatic rings. The van der Waals surface area contributed by atoms with Crippen molar-refractivity contribution in [2.75, 3.05) is 39.8 Å². The molecule has 4 bridgehead atoms. The number of phenolic OH excluding ortho intramolecular Hbond substituents is 2. The molecule has 5 amide bonds. The van der Waals surface area contributed by atoms with Crippen molar-refractivity contribution in [3.8, 4) is 22.6 Å². The second kappa shape index (κ2) is 21.4. The monoisotopic (exact) mass is 722 g/mol. The molecule has 2 aromatic rings. The second-order valence-corrected chi connectivity index (χ2v) is 13.2. The molecule has 2 unspecified atom stereocenters. The van der Waals surface area contributed by atoms with Crippen LogP contribution in [0.15, 0.2) is 36.4 Å². The number of hydrogen-bond acceptors (Lipinski definition) is 9. The molecule has 3 rings (SSSR count). The Morgan fingerprint density at radius 1 is 0.846 bits per heavy atom. The number of amides is 5. The van der Waals surface area contributed by atoms with E-state index in [0.717, 1.165) is 24.3 Å². The number of carbonyl (C=O) groups excluding carboxylic acids is 6. The first-order valence-electron chi connectivity index (χ1n) is 18.1. The highest BCUT2D eigenvalue weighted by molar-refractivity contribution is 5.95. The molecule has 0 aromatic heterocycles. The predicted molar refractivity (Wildman–Crippen MR) is 196 cm³/mol. The number of likely N-dealkylation sites (N-methyl/N-ethyl adjacent to an activating group) is 1. The maximum absolute atomic E-state index is 13.7. The minimum absolute atomic E-state index is 0.0297. The van der Waals surface area contributed by atoms with Crippen LogP contribution in [-0.4, -0.2) is 96.2 Å². The van der Waals surface area contributed by atoms with Gasteiger partial charge in [0, 0.05) is 37.6 Å². The average Bonchev–Trinajstić information content (AvgIpc) is 3.11. The lowest BCUT2D eigenvalue weighted by molar-refractivity contribution is -0.140. The van der Waals surface area contributed by atoms with Gasteiger partial charge in [-0.1, -0.05) is 64.0 Å². The van der Waals surface area contributed by atoms with Crippen LogP contribution in [-0.2, 0) is 35.2 Å². The van der Waals surface area contributed by atoms with Crippen LogP contribution in [0.5, 0.6) is 11.5 Å². The Labute approximate surface area is 305 Å². The molecule has 0 aliphatic carbocycles. The van der Waals surface area contributed by atoms with Crippen molar-refractivity contribution in [3.63, 3.8) is 0 Å². The molecule has 0 spiro atoms. The molecule has 14 heteroatoms. The van der Waals surface area contributed by atoms with E-state index in [9.17, 15) is 39.0 Å². The lowest BCUT2D eigenvalue weighted by atomic mass is 9.94. The number of nitrogens with one attached hydrogen (secondary N) is 5. The topological polar surface area (TPSA) is 206 Å². The molecule has 7 N–H and O–H groups in total. The van der Waals surface area contributed by atoms with Crippen LogP contribution in [0.2, 0.25) is 0 Å². The van der Waals surface area contributed by atoms with Gasteiger partial charge in [0.05, 0.1) is 19.6 Å². The maximum Gasteiger partial charge on any atom is 0.247 e. The summed E-state index contributed by atoms with van der Waals surface area (Å²) in [6.45, 7) is 3.61. The summed E-state index contributed by atoms with van der Waals surface area (Å²) in [6.07, 6.45) is 9.87. The van der Waals surface area contributed by atoms with E-state index in [0.29, 0.717) is 12.1 Å². The predicted octanol–water partition coefficient (Wildman–Crippen LogP) is 2.36. The zero-order valence-electron chi connectivity index (χ0n) is 30.5. The number of rotatable bonds is 18. The van der Waals surface area contributed by atoms with Crippen molar-refractivity contribution < 1.29 is 39.0 Å². The van der Waals surface area contributed by atoms with Crippen LogP contribution in [0.4, 0.5) is 0 Å². The lowest BCUT2D eigenvalue weighted by Gasteiger charge is -2.29. The number of benzene rings is 2. The largest absolute Gasteiger partial charge is 0.507 e. The number of fused-ring (bicyclic) bond motifs is 5. The summed E-state index contributed by atoms with van der Waals surface area (Å²) in [5.74, 6) is -3.71. The molecule has 0 radical (unpaired) electrons. The molecule has 52 heavy (non-hydrogen) atoms. The van der Waals surface area contributed by atoms with Crippen molar-refractivity contribution in [1.29, 1.82) is 0 Å². The van der Waals surface area contributed by atoms with Gasteiger partial charge in [0.25, 0.3) is 0 Å². The van der Waals surface area contributed by atoms with Crippen LogP contribution in [0.3, 0.4) is 0 Å². The Balaban J connectivity index is 1.70. The third kappa shape index (κ3) is 13.3. The maximum atomic E-state index is 13.7. The number of nitrogens with zero attached hydrogens (tertiary/aromatic N) is 1. The molecule has 0 saturated heterocycles. The van der Waals surface area contributed by atoms with Crippen molar-refractivity contribution in [3.05, 3.63) is 47.5 Å². The third-order valence-electron chi connectivity index (χ3n) is 8.92. The van der Waals surface area contributed by atoms with Gasteiger partial charge in [0.2, 0.25) is 29.5 Å². The molecule has 1 heterocycles. The minimum atomic E-state index is -1.31. The van der Waals surface area contributed by atoms with Gasteiger partial charge in [0.1, 0.15) is 29.4 Å². The van der Waals surface area contributed by atoms with E-state index in [4.69, 9.17) is 0 Å². The van der Waals surface area contributed by atoms with Gasteiger partial charge in [-0.15, -0.1) is 0 Å². The Morgan fingerprint density at radius 3 is 2.19 bits per heavy atom. The number of phenols is 2. The highest BCUT2D eigenvalue weighted by Crippen LogP contribution is 2.38. The molecule has 2 aromatic carbocycles. The Morgan fingerprint density at radius 2 is 1.50 bits per heavy atom. The molecule has 284 valence electrons. The zero-order chi connectivity index (χ0) is 38.0. The molecular weight excluding hydrogens is 668 g/mol. The average molecular weight is 723 g/mol. The van der Waals surface area contributed by atoms with Crippen molar-refractivity contribution in [1.82, 2.24) is 31.5 Å². The van der Waals surface area contributed by atoms with E-state index in [2.05, 4.69) is 33.5 Å².